The van der Waals surface area contributed by atoms with E-state index in [4.69, 9.17) is 9.15 Å². The maximum atomic E-state index is 13.4. The Kier molecular flexibility index (Phi) is 7.91. The number of benzene rings is 1. The molecule has 1 aromatic carbocycles. The lowest BCUT2D eigenvalue weighted by atomic mass is 10.1. The van der Waals surface area contributed by atoms with Crippen LogP contribution in [0.4, 0.5) is 10.3 Å². The molecule has 1 fully saturated rings. The van der Waals surface area contributed by atoms with E-state index in [1.54, 1.807) is 34.1 Å². The maximum Gasteiger partial charge on any atom is 0.248 e. The Hall–Kier alpha value is -2.97. The van der Waals surface area contributed by atoms with Crippen molar-refractivity contribution in [2.45, 2.75) is 31.8 Å². The Labute approximate surface area is 196 Å². The van der Waals surface area contributed by atoms with E-state index in [-0.39, 0.29) is 36.7 Å². The summed E-state index contributed by atoms with van der Waals surface area (Å²) in [5.74, 6) is -0.208. The van der Waals surface area contributed by atoms with Gasteiger partial charge in [0, 0.05) is 30.6 Å². The number of anilines is 1. The zero-order valence-electron chi connectivity index (χ0n) is 18.3. The van der Waals surface area contributed by atoms with Crippen molar-refractivity contribution in [3.63, 3.8) is 0 Å². The average Bonchev–Trinajstić information content (AvgIpc) is 3.59. The largest absolute Gasteiger partial charge is 0.448 e. The van der Waals surface area contributed by atoms with Gasteiger partial charge in [-0.3, -0.25) is 14.5 Å². The van der Waals surface area contributed by atoms with Gasteiger partial charge in [-0.05, 0) is 54.5 Å². The second-order valence-corrected chi connectivity index (χ2v) is 9.07. The molecule has 174 valence electrons. The van der Waals surface area contributed by atoms with Crippen LogP contribution in [0.5, 0.6) is 0 Å². The van der Waals surface area contributed by atoms with Crippen molar-refractivity contribution in [2.24, 2.45) is 0 Å². The van der Waals surface area contributed by atoms with Gasteiger partial charge in [-0.25, -0.2) is 4.39 Å². The van der Waals surface area contributed by atoms with Crippen LogP contribution in [-0.2, 0) is 27.2 Å². The van der Waals surface area contributed by atoms with E-state index < -0.39 is 0 Å². The first-order valence-corrected chi connectivity index (χ1v) is 12.0. The Bertz CT molecular complexity index is 1020. The van der Waals surface area contributed by atoms with Crippen LogP contribution < -0.4 is 4.90 Å². The number of hydrogen-bond donors (Lipinski definition) is 0. The summed E-state index contributed by atoms with van der Waals surface area (Å²) in [7, 11) is 0. The summed E-state index contributed by atoms with van der Waals surface area (Å²) in [6.45, 7) is 1.36. The molecular weight excluding hydrogens is 443 g/mol. The highest BCUT2D eigenvalue weighted by Crippen LogP contribution is 2.19. The first kappa shape index (κ1) is 23.2. The van der Waals surface area contributed by atoms with Crippen molar-refractivity contribution in [1.82, 2.24) is 4.90 Å². The Morgan fingerprint density at radius 1 is 1.09 bits per heavy atom. The summed E-state index contributed by atoms with van der Waals surface area (Å²) in [5.41, 5.74) is 0.908. The van der Waals surface area contributed by atoms with Gasteiger partial charge in [-0.1, -0.05) is 18.2 Å². The summed E-state index contributed by atoms with van der Waals surface area (Å²) < 4.78 is 24.5. The number of carbonyl (C=O) groups excluding carboxylic acids is 2. The monoisotopic (exact) mass is 470 g/mol. The predicted molar refractivity (Wildman–Crippen MR) is 125 cm³/mol. The highest BCUT2D eigenvalue weighted by molar-refractivity contribution is 7.10. The van der Waals surface area contributed by atoms with Gasteiger partial charge in [0.05, 0.1) is 18.8 Å². The molecule has 2 amide bonds. The first-order valence-electron chi connectivity index (χ1n) is 11.1. The number of ether oxygens (including phenoxy) is 1. The van der Waals surface area contributed by atoms with E-state index in [9.17, 15) is 14.0 Å². The van der Waals surface area contributed by atoms with Gasteiger partial charge in [0.25, 0.3) is 0 Å². The van der Waals surface area contributed by atoms with E-state index in [1.807, 2.05) is 17.5 Å². The van der Waals surface area contributed by atoms with Crippen LogP contribution in [0.2, 0.25) is 0 Å². The molecule has 3 aromatic rings. The van der Waals surface area contributed by atoms with Crippen molar-refractivity contribution in [1.29, 1.82) is 0 Å². The van der Waals surface area contributed by atoms with Crippen LogP contribution in [0, 0.1) is 5.82 Å². The molecule has 6 nitrogen and oxygen atoms in total. The van der Waals surface area contributed by atoms with E-state index in [0.717, 1.165) is 23.3 Å². The molecule has 0 aliphatic carbocycles. The third kappa shape index (κ3) is 6.52. The van der Waals surface area contributed by atoms with Crippen LogP contribution in [0.15, 0.2) is 64.6 Å². The van der Waals surface area contributed by atoms with Gasteiger partial charge >= 0.3 is 0 Å². The molecule has 2 aromatic heterocycles. The standard InChI is InChI=1S/C25H27FN2O4S/c26-20-9-7-19(8-10-20)11-12-28(25-6-2-14-32-25)24(30)18-27(17-21-4-1-13-31-21)23(29)16-22-5-3-15-33-22/h2-3,5-10,14-15,21H,1,4,11-13,16-18H2. The summed E-state index contributed by atoms with van der Waals surface area (Å²) >= 11 is 1.53. The molecule has 3 heterocycles. The lowest BCUT2D eigenvalue weighted by molar-refractivity contribution is -0.136. The summed E-state index contributed by atoms with van der Waals surface area (Å²) in [6, 6.07) is 13.5. The van der Waals surface area contributed by atoms with Crippen LogP contribution >= 0.6 is 11.3 Å². The number of carbonyl (C=O) groups is 2. The zero-order chi connectivity index (χ0) is 23.0. The van der Waals surface area contributed by atoms with E-state index >= 15 is 0 Å². The summed E-state index contributed by atoms with van der Waals surface area (Å²) in [6.07, 6.45) is 4.08. The summed E-state index contributed by atoms with van der Waals surface area (Å²) in [5, 5.41) is 1.94. The molecule has 1 aliphatic heterocycles. The van der Waals surface area contributed by atoms with Gasteiger partial charge in [-0.15, -0.1) is 11.3 Å². The maximum absolute atomic E-state index is 13.4. The Morgan fingerprint density at radius 3 is 2.61 bits per heavy atom. The van der Waals surface area contributed by atoms with Gasteiger partial charge in [0.2, 0.25) is 17.7 Å². The first-order chi connectivity index (χ1) is 16.1. The molecule has 0 spiro atoms. The number of hydrogen-bond acceptors (Lipinski definition) is 5. The van der Waals surface area contributed by atoms with Crippen LogP contribution in [0.1, 0.15) is 23.3 Å². The van der Waals surface area contributed by atoms with Gasteiger partial charge in [0.15, 0.2) is 0 Å². The third-order valence-corrected chi connectivity index (χ3v) is 6.52. The average molecular weight is 471 g/mol. The highest BCUT2D eigenvalue weighted by atomic mass is 32.1. The minimum absolute atomic E-state index is 0.0543. The van der Waals surface area contributed by atoms with Crippen molar-refractivity contribution < 1.29 is 23.1 Å². The van der Waals surface area contributed by atoms with Gasteiger partial charge in [0.1, 0.15) is 12.4 Å². The fourth-order valence-corrected chi connectivity index (χ4v) is 4.58. The molecule has 1 saturated heterocycles. The third-order valence-electron chi connectivity index (χ3n) is 5.64. The smallest absolute Gasteiger partial charge is 0.248 e. The SMILES string of the molecule is O=C(Cc1cccs1)N(CC(=O)N(CCc1ccc(F)cc1)c1ccco1)CC1CCCO1. The van der Waals surface area contributed by atoms with Gasteiger partial charge in [-0.2, -0.15) is 0 Å². The summed E-state index contributed by atoms with van der Waals surface area (Å²) in [4.78, 5) is 30.6. The fourth-order valence-electron chi connectivity index (χ4n) is 3.88. The molecule has 1 unspecified atom stereocenters. The molecule has 4 rings (SSSR count). The molecule has 1 aliphatic rings. The molecule has 0 bridgehead atoms. The van der Waals surface area contributed by atoms with Crippen LogP contribution in [0.3, 0.4) is 0 Å². The molecule has 0 saturated carbocycles. The van der Waals surface area contributed by atoms with E-state index in [1.165, 1.54) is 29.7 Å². The molecule has 33 heavy (non-hydrogen) atoms. The molecular formula is C25H27FN2O4S. The van der Waals surface area contributed by atoms with Crippen molar-refractivity contribution in [3.05, 3.63) is 76.4 Å². The number of rotatable bonds is 10. The minimum Gasteiger partial charge on any atom is -0.448 e. The number of furan rings is 1. The van der Waals surface area contributed by atoms with Crippen LogP contribution in [-0.4, -0.2) is 49.1 Å². The van der Waals surface area contributed by atoms with E-state index in [0.29, 0.717) is 32.0 Å². The van der Waals surface area contributed by atoms with Crippen molar-refractivity contribution >= 4 is 29.0 Å². The normalized spacial score (nSPS) is 15.5. The number of amides is 2. The van der Waals surface area contributed by atoms with Crippen molar-refractivity contribution in [2.75, 3.05) is 31.1 Å². The number of nitrogens with zero attached hydrogens (tertiary/aromatic N) is 2. The molecule has 0 N–H and O–H groups in total. The second-order valence-electron chi connectivity index (χ2n) is 8.04. The highest BCUT2D eigenvalue weighted by Gasteiger charge is 2.27. The Morgan fingerprint density at radius 2 is 1.94 bits per heavy atom. The van der Waals surface area contributed by atoms with E-state index in [2.05, 4.69) is 0 Å². The molecule has 0 radical (unpaired) electrons. The zero-order valence-corrected chi connectivity index (χ0v) is 19.1. The second kappa shape index (κ2) is 11.2. The quantitative estimate of drug-likeness (QED) is 0.443. The Balaban J connectivity index is 1.46. The number of halogens is 1. The van der Waals surface area contributed by atoms with Crippen molar-refractivity contribution in [3.8, 4) is 0 Å². The minimum atomic E-state index is -0.299. The molecule has 1 atom stereocenters. The lowest BCUT2D eigenvalue weighted by Gasteiger charge is -2.28. The molecule has 8 heteroatoms. The predicted octanol–water partition coefficient (Wildman–Crippen LogP) is 4.31. The lowest BCUT2D eigenvalue weighted by Crippen LogP contribution is -2.46. The van der Waals surface area contributed by atoms with Gasteiger partial charge < -0.3 is 14.1 Å². The fraction of sp³-hybridized carbons (Fsp3) is 0.360. The number of thiophene rings is 1. The topological polar surface area (TPSA) is 63.0 Å². The van der Waals surface area contributed by atoms with Crippen LogP contribution in [0.25, 0.3) is 0 Å².